The molecule has 0 aliphatic carbocycles. The summed E-state index contributed by atoms with van der Waals surface area (Å²) < 4.78 is 28.5. The fraction of sp³-hybridized carbons (Fsp3) is 0.136. The molecular formula is C22H19BrN2O5S. The van der Waals surface area contributed by atoms with Gasteiger partial charge in [0.25, 0.3) is 5.69 Å². The molecule has 0 amide bonds. The number of benzene rings is 3. The fourth-order valence-electron chi connectivity index (χ4n) is 2.96. The summed E-state index contributed by atoms with van der Waals surface area (Å²) in [7, 11) is -4.01. The van der Waals surface area contributed by atoms with Crippen LogP contribution in [-0.4, -0.2) is 25.2 Å². The van der Waals surface area contributed by atoms with Crippen molar-refractivity contribution in [1.29, 1.82) is 0 Å². The largest absolute Gasteiger partial charge is 0.292 e. The molecule has 3 aromatic carbocycles. The van der Waals surface area contributed by atoms with Crippen LogP contribution < -0.4 is 4.72 Å². The number of hydrogen-bond acceptors (Lipinski definition) is 5. The Morgan fingerprint density at radius 1 is 0.968 bits per heavy atom. The number of alkyl halides is 1. The van der Waals surface area contributed by atoms with E-state index in [9.17, 15) is 23.3 Å². The highest BCUT2D eigenvalue weighted by Crippen LogP contribution is 2.30. The lowest BCUT2D eigenvalue weighted by molar-refractivity contribution is -0.384. The Labute approximate surface area is 188 Å². The third-order valence-corrected chi connectivity index (χ3v) is 7.18. The maximum absolute atomic E-state index is 13.3. The molecule has 0 spiro atoms. The number of nitro benzene ring substituents is 1. The first-order valence-electron chi connectivity index (χ1n) is 9.26. The molecule has 1 N–H and O–H groups in total. The van der Waals surface area contributed by atoms with E-state index in [2.05, 4.69) is 20.7 Å². The predicted octanol–water partition coefficient (Wildman–Crippen LogP) is 4.57. The Balaban J connectivity index is 1.99. The average molecular weight is 503 g/mol. The lowest BCUT2D eigenvalue weighted by Crippen LogP contribution is -2.43. The first-order valence-corrected chi connectivity index (χ1v) is 11.7. The van der Waals surface area contributed by atoms with Crippen molar-refractivity contribution in [3.05, 3.63) is 106 Å². The Morgan fingerprint density at radius 2 is 1.55 bits per heavy atom. The number of halogens is 1. The van der Waals surface area contributed by atoms with E-state index >= 15 is 0 Å². The number of Topliss-reactive ketones (excluding diaryl/α,β-unsaturated/α-hetero) is 1. The molecule has 0 saturated heterocycles. The number of rotatable bonds is 8. The molecule has 0 aliphatic heterocycles. The van der Waals surface area contributed by atoms with Gasteiger partial charge in [0.2, 0.25) is 10.0 Å². The van der Waals surface area contributed by atoms with Gasteiger partial charge in [0.05, 0.1) is 14.6 Å². The van der Waals surface area contributed by atoms with Gasteiger partial charge in [-0.15, -0.1) is 0 Å². The molecule has 0 saturated carbocycles. The normalized spacial score (nSPS) is 13.4. The number of nitrogens with one attached hydrogen (secondary N) is 1. The second kappa shape index (κ2) is 9.51. The number of ketones is 1. The van der Waals surface area contributed by atoms with Crippen molar-refractivity contribution in [2.24, 2.45) is 0 Å². The van der Waals surface area contributed by atoms with Crippen LogP contribution in [0.4, 0.5) is 5.69 Å². The third kappa shape index (κ3) is 5.43. The molecule has 160 valence electrons. The van der Waals surface area contributed by atoms with Gasteiger partial charge in [-0.3, -0.25) is 14.9 Å². The maximum atomic E-state index is 13.3. The van der Waals surface area contributed by atoms with Crippen LogP contribution in [0.25, 0.3) is 0 Å². The summed E-state index contributed by atoms with van der Waals surface area (Å²) >= 11 is 3.47. The van der Waals surface area contributed by atoms with Crippen LogP contribution in [0, 0.1) is 17.0 Å². The van der Waals surface area contributed by atoms with E-state index in [0.29, 0.717) is 5.56 Å². The summed E-state index contributed by atoms with van der Waals surface area (Å²) in [5, 5.41) is 10.9. The van der Waals surface area contributed by atoms with E-state index < -0.39 is 31.6 Å². The lowest BCUT2D eigenvalue weighted by Gasteiger charge is -2.23. The van der Waals surface area contributed by atoms with Crippen LogP contribution in [0.5, 0.6) is 0 Å². The summed E-state index contributed by atoms with van der Waals surface area (Å²) in [5.74, 6) is -0.517. The second-order valence-electron chi connectivity index (χ2n) is 6.89. The van der Waals surface area contributed by atoms with Crippen molar-refractivity contribution in [3.63, 3.8) is 0 Å². The van der Waals surface area contributed by atoms with Gasteiger partial charge < -0.3 is 0 Å². The fourth-order valence-corrected chi connectivity index (χ4v) is 5.02. The predicted molar refractivity (Wildman–Crippen MR) is 121 cm³/mol. The average Bonchev–Trinajstić information content (AvgIpc) is 2.77. The third-order valence-electron chi connectivity index (χ3n) is 4.67. The van der Waals surface area contributed by atoms with Crippen molar-refractivity contribution in [3.8, 4) is 0 Å². The summed E-state index contributed by atoms with van der Waals surface area (Å²) in [4.78, 5) is 23.0. The number of hydrogen-bond donors (Lipinski definition) is 1. The Morgan fingerprint density at radius 3 is 2.10 bits per heavy atom. The Hall–Kier alpha value is -2.88. The van der Waals surface area contributed by atoms with Gasteiger partial charge in [0, 0.05) is 17.7 Å². The summed E-state index contributed by atoms with van der Waals surface area (Å²) in [6.45, 7) is 1.84. The molecule has 3 rings (SSSR count). The van der Waals surface area contributed by atoms with Crippen LogP contribution >= 0.6 is 15.9 Å². The molecule has 31 heavy (non-hydrogen) atoms. The molecule has 0 bridgehead atoms. The molecule has 0 aliphatic rings. The molecule has 0 aromatic heterocycles. The number of non-ortho nitro benzene ring substituents is 1. The zero-order chi connectivity index (χ0) is 22.6. The second-order valence-corrected chi connectivity index (χ2v) is 9.59. The number of sulfonamides is 1. The molecule has 0 heterocycles. The highest BCUT2D eigenvalue weighted by atomic mass is 79.9. The monoisotopic (exact) mass is 502 g/mol. The first-order chi connectivity index (χ1) is 14.7. The van der Waals surface area contributed by atoms with Crippen molar-refractivity contribution in [2.75, 3.05) is 0 Å². The summed E-state index contributed by atoms with van der Waals surface area (Å²) in [6.07, 6.45) is 0. The van der Waals surface area contributed by atoms with E-state index in [1.54, 1.807) is 36.4 Å². The summed E-state index contributed by atoms with van der Waals surface area (Å²) in [6, 6.07) is 19.1. The Kier molecular flexibility index (Phi) is 6.99. The van der Waals surface area contributed by atoms with Gasteiger partial charge in [0.1, 0.15) is 6.04 Å². The molecular weight excluding hydrogens is 484 g/mol. The lowest BCUT2D eigenvalue weighted by atomic mass is 9.98. The zero-order valence-electron chi connectivity index (χ0n) is 16.4. The smallest absolute Gasteiger partial charge is 0.269 e. The SMILES string of the molecule is Cc1ccc(S(=O)(=O)N[C@@H](C(=O)c2ccc([N+](=O)[O-])cc2)[C@H](Br)c2ccccc2)cc1. The van der Waals surface area contributed by atoms with Gasteiger partial charge in [0.15, 0.2) is 5.78 Å². The van der Waals surface area contributed by atoms with Crippen molar-refractivity contribution in [2.45, 2.75) is 22.7 Å². The van der Waals surface area contributed by atoms with Gasteiger partial charge in [-0.25, -0.2) is 8.42 Å². The van der Waals surface area contributed by atoms with Crippen LogP contribution in [0.1, 0.15) is 26.3 Å². The number of carbonyl (C=O) groups excluding carboxylic acids is 1. The van der Waals surface area contributed by atoms with Gasteiger partial charge in [-0.1, -0.05) is 64.0 Å². The van der Waals surface area contributed by atoms with E-state index in [1.807, 2.05) is 13.0 Å². The maximum Gasteiger partial charge on any atom is 0.269 e. The quantitative estimate of drug-likeness (QED) is 0.210. The highest BCUT2D eigenvalue weighted by Gasteiger charge is 2.33. The number of nitrogens with zero attached hydrogens (tertiary/aromatic N) is 1. The van der Waals surface area contributed by atoms with Gasteiger partial charge in [-0.05, 0) is 36.8 Å². The van der Waals surface area contributed by atoms with Crippen molar-refractivity contribution < 1.29 is 18.1 Å². The minimum atomic E-state index is -4.01. The first kappa shape index (κ1) is 22.8. The number of aryl methyl sites for hydroxylation is 1. The molecule has 0 fully saturated rings. The van der Waals surface area contributed by atoms with Crippen LogP contribution in [0.15, 0.2) is 83.8 Å². The van der Waals surface area contributed by atoms with Crippen molar-refractivity contribution in [1.82, 2.24) is 4.72 Å². The van der Waals surface area contributed by atoms with E-state index in [-0.39, 0.29) is 16.1 Å². The Bertz CT molecular complexity index is 1180. The molecule has 0 radical (unpaired) electrons. The zero-order valence-corrected chi connectivity index (χ0v) is 18.8. The minimum Gasteiger partial charge on any atom is -0.292 e. The number of carbonyl (C=O) groups is 1. The summed E-state index contributed by atoms with van der Waals surface area (Å²) in [5.41, 5.74) is 1.60. The van der Waals surface area contributed by atoms with Crippen LogP contribution in [0.3, 0.4) is 0 Å². The van der Waals surface area contributed by atoms with E-state index in [0.717, 1.165) is 5.56 Å². The molecule has 0 unspecified atom stereocenters. The minimum absolute atomic E-state index is 0.0346. The molecule has 2 atom stereocenters. The van der Waals surface area contributed by atoms with Gasteiger partial charge >= 0.3 is 0 Å². The van der Waals surface area contributed by atoms with E-state index in [1.165, 1.54) is 36.4 Å². The number of nitro groups is 1. The highest BCUT2D eigenvalue weighted by molar-refractivity contribution is 9.09. The molecule has 7 nitrogen and oxygen atoms in total. The standard InChI is InChI=1S/C22H19BrN2O5S/c1-15-7-13-19(14-8-15)31(29,30)24-21(20(23)16-5-3-2-4-6-16)22(26)17-9-11-18(12-10-17)25(27)28/h2-14,20-21,24H,1H3/t20-,21-/m1/s1. The topological polar surface area (TPSA) is 106 Å². The van der Waals surface area contributed by atoms with Crippen LogP contribution in [0.2, 0.25) is 0 Å². The van der Waals surface area contributed by atoms with Crippen LogP contribution in [-0.2, 0) is 10.0 Å². The van der Waals surface area contributed by atoms with E-state index in [4.69, 9.17) is 0 Å². The molecule has 9 heteroatoms. The molecule has 3 aromatic rings. The van der Waals surface area contributed by atoms with Crippen molar-refractivity contribution >= 4 is 37.4 Å². The van der Waals surface area contributed by atoms with Gasteiger partial charge in [-0.2, -0.15) is 4.72 Å².